The van der Waals surface area contributed by atoms with Gasteiger partial charge in [0.25, 0.3) is 0 Å². The van der Waals surface area contributed by atoms with Gasteiger partial charge in [-0.15, -0.1) is 0 Å². The molecule has 0 unspecified atom stereocenters. The first-order chi connectivity index (χ1) is 7.75. The summed E-state index contributed by atoms with van der Waals surface area (Å²) in [6.07, 6.45) is 1.63. The number of piperazine rings is 1. The molecule has 0 aliphatic carbocycles. The number of hydrogen-bond acceptors (Lipinski definition) is 5. The van der Waals surface area contributed by atoms with Crippen LogP contribution in [0.3, 0.4) is 0 Å². The predicted molar refractivity (Wildman–Crippen MR) is 65.9 cm³/mol. The van der Waals surface area contributed by atoms with Crippen molar-refractivity contribution in [2.75, 3.05) is 36.4 Å². The zero-order chi connectivity index (χ0) is 11.4. The van der Waals surface area contributed by atoms with Crippen molar-refractivity contribution in [2.24, 2.45) is 0 Å². The smallest absolute Gasteiger partial charge is 0.134 e. The Bertz CT molecular complexity index is 333. The number of hydrogen-bond donors (Lipinski definition) is 2. The first-order valence-corrected chi connectivity index (χ1v) is 5.80. The zero-order valence-electron chi connectivity index (χ0n) is 9.90. The summed E-state index contributed by atoms with van der Waals surface area (Å²) in [6.45, 7) is 8.28. The van der Waals surface area contributed by atoms with Gasteiger partial charge in [0.1, 0.15) is 18.0 Å². The van der Waals surface area contributed by atoms with Crippen LogP contribution in [-0.2, 0) is 0 Å². The Morgan fingerprint density at radius 2 is 2.06 bits per heavy atom. The first kappa shape index (κ1) is 11.1. The van der Waals surface area contributed by atoms with Gasteiger partial charge in [-0.2, -0.15) is 0 Å². The standard InChI is InChI=1S/C11H19N5/c1-9(2)15-10-7-11(14-8-13-10)16-5-3-12-4-6-16/h7-9,12H,3-6H2,1-2H3,(H,13,14,15). The second-order valence-corrected chi connectivity index (χ2v) is 4.30. The van der Waals surface area contributed by atoms with Crippen LogP contribution in [0.2, 0.25) is 0 Å². The fraction of sp³-hybridized carbons (Fsp3) is 0.636. The normalized spacial score (nSPS) is 16.6. The van der Waals surface area contributed by atoms with E-state index in [0.29, 0.717) is 6.04 Å². The topological polar surface area (TPSA) is 53.1 Å². The zero-order valence-corrected chi connectivity index (χ0v) is 9.90. The van der Waals surface area contributed by atoms with Crippen LogP contribution in [0.15, 0.2) is 12.4 Å². The minimum atomic E-state index is 0.394. The number of nitrogens with zero attached hydrogens (tertiary/aromatic N) is 3. The summed E-state index contributed by atoms with van der Waals surface area (Å²) in [4.78, 5) is 10.8. The molecule has 0 bridgehead atoms. The lowest BCUT2D eigenvalue weighted by molar-refractivity contribution is 0.584. The molecule has 1 aliphatic heterocycles. The average Bonchev–Trinajstić information content (AvgIpc) is 2.30. The van der Waals surface area contributed by atoms with Crippen molar-refractivity contribution in [3.05, 3.63) is 12.4 Å². The van der Waals surface area contributed by atoms with E-state index in [0.717, 1.165) is 37.8 Å². The van der Waals surface area contributed by atoms with E-state index in [9.17, 15) is 0 Å². The van der Waals surface area contributed by atoms with Gasteiger partial charge >= 0.3 is 0 Å². The Morgan fingerprint density at radius 1 is 1.31 bits per heavy atom. The third-order valence-corrected chi connectivity index (χ3v) is 2.53. The monoisotopic (exact) mass is 221 g/mol. The van der Waals surface area contributed by atoms with Crippen LogP contribution in [0.5, 0.6) is 0 Å². The van der Waals surface area contributed by atoms with Crippen molar-refractivity contribution in [1.29, 1.82) is 0 Å². The van der Waals surface area contributed by atoms with Crippen molar-refractivity contribution in [2.45, 2.75) is 19.9 Å². The molecule has 1 fully saturated rings. The van der Waals surface area contributed by atoms with E-state index in [1.54, 1.807) is 6.33 Å². The average molecular weight is 221 g/mol. The molecule has 0 atom stereocenters. The van der Waals surface area contributed by atoms with Gasteiger partial charge in [0, 0.05) is 38.3 Å². The fourth-order valence-corrected chi connectivity index (χ4v) is 1.79. The van der Waals surface area contributed by atoms with E-state index in [2.05, 4.69) is 39.3 Å². The number of nitrogens with one attached hydrogen (secondary N) is 2. The maximum absolute atomic E-state index is 4.32. The molecule has 1 aliphatic rings. The van der Waals surface area contributed by atoms with E-state index in [-0.39, 0.29) is 0 Å². The van der Waals surface area contributed by atoms with Crippen molar-refractivity contribution in [3.63, 3.8) is 0 Å². The number of aromatic nitrogens is 2. The molecule has 1 saturated heterocycles. The van der Waals surface area contributed by atoms with Crippen molar-refractivity contribution in [3.8, 4) is 0 Å². The lowest BCUT2D eigenvalue weighted by Gasteiger charge is -2.28. The van der Waals surface area contributed by atoms with E-state index < -0.39 is 0 Å². The first-order valence-electron chi connectivity index (χ1n) is 5.80. The molecule has 5 nitrogen and oxygen atoms in total. The van der Waals surface area contributed by atoms with Crippen LogP contribution in [0.4, 0.5) is 11.6 Å². The summed E-state index contributed by atoms with van der Waals surface area (Å²) in [5, 5.41) is 6.62. The number of anilines is 2. The summed E-state index contributed by atoms with van der Waals surface area (Å²) in [7, 11) is 0. The van der Waals surface area contributed by atoms with Gasteiger partial charge < -0.3 is 15.5 Å². The molecule has 2 rings (SSSR count). The van der Waals surface area contributed by atoms with Crippen LogP contribution >= 0.6 is 0 Å². The van der Waals surface area contributed by atoms with E-state index in [1.165, 1.54) is 0 Å². The summed E-state index contributed by atoms with van der Waals surface area (Å²) in [5.74, 6) is 1.91. The highest BCUT2D eigenvalue weighted by atomic mass is 15.2. The molecule has 0 saturated carbocycles. The summed E-state index contributed by atoms with van der Waals surface area (Å²) >= 11 is 0. The Labute approximate surface area is 96.3 Å². The minimum Gasteiger partial charge on any atom is -0.368 e. The minimum absolute atomic E-state index is 0.394. The van der Waals surface area contributed by atoms with Crippen LogP contribution < -0.4 is 15.5 Å². The lowest BCUT2D eigenvalue weighted by Crippen LogP contribution is -2.43. The van der Waals surface area contributed by atoms with E-state index >= 15 is 0 Å². The SMILES string of the molecule is CC(C)Nc1cc(N2CCNCC2)ncn1. The quantitative estimate of drug-likeness (QED) is 0.787. The van der Waals surface area contributed by atoms with Gasteiger partial charge in [-0.25, -0.2) is 9.97 Å². The largest absolute Gasteiger partial charge is 0.368 e. The van der Waals surface area contributed by atoms with Crippen LogP contribution in [0.25, 0.3) is 0 Å². The van der Waals surface area contributed by atoms with E-state index in [1.807, 2.05) is 6.07 Å². The van der Waals surface area contributed by atoms with Gasteiger partial charge in [0.05, 0.1) is 0 Å². The molecule has 1 aromatic rings. The summed E-state index contributed by atoms with van der Waals surface area (Å²) in [6, 6.07) is 2.41. The van der Waals surface area contributed by atoms with Crippen LogP contribution in [0, 0.1) is 0 Å². The van der Waals surface area contributed by atoms with Gasteiger partial charge in [-0.05, 0) is 13.8 Å². The molecule has 16 heavy (non-hydrogen) atoms. The maximum atomic E-state index is 4.32. The molecule has 0 aromatic carbocycles. The molecule has 88 valence electrons. The molecule has 5 heteroatoms. The van der Waals surface area contributed by atoms with Crippen molar-refractivity contribution >= 4 is 11.6 Å². The molecule has 2 heterocycles. The van der Waals surface area contributed by atoms with Crippen LogP contribution in [-0.4, -0.2) is 42.2 Å². The highest BCUT2D eigenvalue weighted by Crippen LogP contribution is 2.14. The molecular weight excluding hydrogens is 202 g/mol. The Morgan fingerprint density at radius 3 is 2.75 bits per heavy atom. The highest BCUT2D eigenvalue weighted by Gasteiger charge is 2.12. The lowest BCUT2D eigenvalue weighted by atomic mass is 10.3. The van der Waals surface area contributed by atoms with Gasteiger partial charge in [-0.1, -0.05) is 0 Å². The summed E-state index contributed by atoms with van der Waals surface area (Å²) in [5.41, 5.74) is 0. The predicted octanol–water partition coefficient (Wildman–Crippen LogP) is 0.706. The van der Waals surface area contributed by atoms with E-state index in [4.69, 9.17) is 0 Å². The van der Waals surface area contributed by atoms with Crippen molar-refractivity contribution in [1.82, 2.24) is 15.3 Å². The van der Waals surface area contributed by atoms with Gasteiger partial charge in [0.2, 0.25) is 0 Å². The highest BCUT2D eigenvalue weighted by molar-refractivity contribution is 5.49. The maximum Gasteiger partial charge on any atom is 0.134 e. The van der Waals surface area contributed by atoms with Crippen molar-refractivity contribution < 1.29 is 0 Å². The van der Waals surface area contributed by atoms with Gasteiger partial charge in [-0.3, -0.25) is 0 Å². The second kappa shape index (κ2) is 5.12. The molecule has 1 aromatic heterocycles. The van der Waals surface area contributed by atoms with Crippen LogP contribution in [0.1, 0.15) is 13.8 Å². The molecule has 0 radical (unpaired) electrons. The molecular formula is C11H19N5. The molecule has 0 spiro atoms. The third-order valence-electron chi connectivity index (χ3n) is 2.53. The molecule has 0 amide bonds. The van der Waals surface area contributed by atoms with Gasteiger partial charge in [0.15, 0.2) is 0 Å². The fourth-order valence-electron chi connectivity index (χ4n) is 1.79. The third kappa shape index (κ3) is 2.82. The summed E-state index contributed by atoms with van der Waals surface area (Å²) < 4.78 is 0. The molecule has 2 N–H and O–H groups in total. The number of rotatable bonds is 3. The Kier molecular flexibility index (Phi) is 3.56. The Hall–Kier alpha value is -1.36. The Balaban J connectivity index is 2.08. The second-order valence-electron chi connectivity index (χ2n) is 4.30.